The summed E-state index contributed by atoms with van der Waals surface area (Å²) in [7, 11) is 0. The highest BCUT2D eigenvalue weighted by atomic mass is 16.4. The van der Waals surface area contributed by atoms with E-state index >= 15 is 0 Å². The van der Waals surface area contributed by atoms with Crippen LogP contribution in [0.3, 0.4) is 0 Å². The molecule has 0 bridgehead atoms. The third-order valence-electron chi connectivity index (χ3n) is 4.11. The molecule has 138 valence electrons. The van der Waals surface area contributed by atoms with Crippen molar-refractivity contribution in [2.24, 2.45) is 0 Å². The van der Waals surface area contributed by atoms with Gasteiger partial charge in [-0.1, -0.05) is 6.92 Å². The average Bonchev–Trinajstić information content (AvgIpc) is 2.59. The van der Waals surface area contributed by atoms with Crippen LogP contribution >= 0.6 is 0 Å². The van der Waals surface area contributed by atoms with Gasteiger partial charge in [-0.2, -0.15) is 0 Å². The first-order valence-corrected chi connectivity index (χ1v) is 8.10. The van der Waals surface area contributed by atoms with Crippen LogP contribution in [0.15, 0.2) is 24.3 Å². The minimum Gasteiger partial charge on any atom is -0.399 e. The van der Waals surface area contributed by atoms with Gasteiger partial charge in [-0.15, -0.1) is 0 Å². The fourth-order valence-corrected chi connectivity index (χ4v) is 2.77. The largest absolute Gasteiger partial charge is 0.399 e. The number of rotatable bonds is 5. The molecule has 1 aliphatic heterocycles. The van der Waals surface area contributed by atoms with E-state index in [1.807, 2.05) is 6.92 Å². The Bertz CT molecular complexity index is 609. The molecule has 0 radical (unpaired) electrons. The third kappa shape index (κ3) is 4.38. The summed E-state index contributed by atoms with van der Waals surface area (Å²) in [6.07, 6.45) is -4.01. The Morgan fingerprint density at radius 3 is 2.44 bits per heavy atom. The minimum absolute atomic E-state index is 0.0719. The zero-order valence-electron chi connectivity index (χ0n) is 13.9. The number of benzene rings is 1. The van der Waals surface area contributed by atoms with Gasteiger partial charge in [-0.05, 0) is 30.7 Å². The lowest BCUT2D eigenvalue weighted by atomic mass is 9.93. The number of aliphatic hydroxyl groups is 3. The van der Waals surface area contributed by atoms with Crippen LogP contribution in [0.2, 0.25) is 0 Å². The van der Waals surface area contributed by atoms with Gasteiger partial charge in [0, 0.05) is 24.5 Å². The molecule has 9 heteroatoms. The Hall–Kier alpha value is -2.36. The van der Waals surface area contributed by atoms with E-state index < -0.39 is 36.3 Å². The summed E-state index contributed by atoms with van der Waals surface area (Å²) in [5, 5.41) is 34.9. The summed E-state index contributed by atoms with van der Waals surface area (Å²) in [6.45, 7) is 2.07. The van der Waals surface area contributed by atoms with Gasteiger partial charge in [-0.25, -0.2) is 4.79 Å². The number of nitrogens with zero attached hydrogens (tertiary/aromatic N) is 1. The molecule has 0 unspecified atom stereocenters. The van der Waals surface area contributed by atoms with Crippen molar-refractivity contribution in [3.05, 3.63) is 24.3 Å². The lowest BCUT2D eigenvalue weighted by Crippen LogP contribution is -2.66. The molecule has 0 saturated carbocycles. The Labute approximate surface area is 145 Å². The van der Waals surface area contributed by atoms with E-state index in [-0.39, 0.29) is 6.54 Å². The Morgan fingerprint density at radius 2 is 1.84 bits per heavy atom. The van der Waals surface area contributed by atoms with Crippen molar-refractivity contribution in [2.75, 3.05) is 24.1 Å². The maximum Gasteiger partial charge on any atom is 0.319 e. The van der Waals surface area contributed by atoms with Gasteiger partial charge in [0.1, 0.15) is 12.2 Å². The standard InChI is InChI=1S/C16H24N4O5/c1-2-7-20-11(12(21)13(22)14(23)15(20)24)8-18-16(25)19-10-5-3-9(17)4-6-10/h3-6,11-14,21-23H,2,7-8,17H2,1H3,(H2,18,19,25)/t11-,12-,13-,14-/m1/s1. The quantitative estimate of drug-likeness (QED) is 0.378. The second kappa shape index (κ2) is 8.15. The molecule has 1 heterocycles. The molecule has 1 fully saturated rings. The van der Waals surface area contributed by atoms with E-state index in [9.17, 15) is 24.9 Å². The van der Waals surface area contributed by atoms with Crippen LogP contribution in [-0.4, -0.2) is 69.6 Å². The number of nitrogens with two attached hydrogens (primary N) is 1. The number of carbonyl (C=O) groups is 2. The molecule has 3 amide bonds. The van der Waals surface area contributed by atoms with Gasteiger partial charge < -0.3 is 36.6 Å². The monoisotopic (exact) mass is 352 g/mol. The molecule has 1 aromatic rings. The summed E-state index contributed by atoms with van der Waals surface area (Å²) in [6, 6.07) is 5.19. The minimum atomic E-state index is -1.67. The van der Waals surface area contributed by atoms with Gasteiger partial charge >= 0.3 is 6.03 Å². The predicted molar refractivity (Wildman–Crippen MR) is 91.7 cm³/mol. The SMILES string of the molecule is CCCN1C(=O)[C@H](O)[C@H](O)[C@H](O)[C@H]1CNC(=O)Nc1ccc(N)cc1. The molecule has 2 rings (SSSR count). The Kier molecular flexibility index (Phi) is 6.18. The summed E-state index contributed by atoms with van der Waals surface area (Å²) >= 11 is 0. The van der Waals surface area contributed by atoms with E-state index in [1.54, 1.807) is 24.3 Å². The first-order valence-electron chi connectivity index (χ1n) is 8.10. The number of likely N-dealkylation sites (tertiary alicyclic amines) is 1. The first kappa shape index (κ1) is 19.0. The number of amides is 3. The molecule has 4 atom stereocenters. The van der Waals surface area contributed by atoms with Gasteiger partial charge in [0.15, 0.2) is 6.10 Å². The van der Waals surface area contributed by atoms with E-state index in [0.717, 1.165) is 0 Å². The number of carbonyl (C=O) groups excluding carboxylic acids is 2. The molecule has 25 heavy (non-hydrogen) atoms. The van der Waals surface area contributed by atoms with Gasteiger partial charge in [0.05, 0.1) is 6.04 Å². The van der Waals surface area contributed by atoms with Gasteiger partial charge in [0.2, 0.25) is 0 Å². The summed E-state index contributed by atoms with van der Waals surface area (Å²) in [5.74, 6) is -0.662. The lowest BCUT2D eigenvalue weighted by Gasteiger charge is -2.43. The van der Waals surface area contributed by atoms with E-state index in [4.69, 9.17) is 5.73 Å². The second-order valence-corrected chi connectivity index (χ2v) is 5.98. The van der Waals surface area contributed by atoms with Crippen LogP contribution in [0.5, 0.6) is 0 Å². The van der Waals surface area contributed by atoms with E-state index in [1.165, 1.54) is 4.90 Å². The van der Waals surface area contributed by atoms with Crippen LogP contribution in [-0.2, 0) is 4.79 Å². The molecular formula is C16H24N4O5. The topological polar surface area (TPSA) is 148 Å². The molecule has 1 aromatic carbocycles. The molecular weight excluding hydrogens is 328 g/mol. The number of hydrogen-bond acceptors (Lipinski definition) is 6. The first-order chi connectivity index (χ1) is 11.8. The highest BCUT2D eigenvalue weighted by Gasteiger charge is 2.46. The molecule has 1 aliphatic rings. The molecule has 7 N–H and O–H groups in total. The lowest BCUT2D eigenvalue weighted by molar-refractivity contribution is -0.175. The summed E-state index contributed by atoms with van der Waals surface area (Å²) in [5.41, 5.74) is 6.67. The number of hydrogen-bond donors (Lipinski definition) is 6. The van der Waals surface area contributed by atoms with Crippen molar-refractivity contribution < 1.29 is 24.9 Å². The number of nitrogen functional groups attached to an aromatic ring is 1. The Morgan fingerprint density at radius 1 is 1.20 bits per heavy atom. The number of nitrogens with one attached hydrogen (secondary N) is 2. The number of anilines is 2. The average molecular weight is 352 g/mol. The van der Waals surface area contributed by atoms with Crippen molar-refractivity contribution in [2.45, 2.75) is 37.7 Å². The zero-order valence-corrected chi connectivity index (χ0v) is 13.9. The van der Waals surface area contributed by atoms with Crippen LogP contribution < -0.4 is 16.4 Å². The van der Waals surface area contributed by atoms with Crippen molar-refractivity contribution in [3.63, 3.8) is 0 Å². The van der Waals surface area contributed by atoms with E-state index in [0.29, 0.717) is 24.3 Å². The second-order valence-electron chi connectivity index (χ2n) is 5.98. The molecule has 0 spiro atoms. The number of piperidine rings is 1. The molecule has 9 nitrogen and oxygen atoms in total. The van der Waals surface area contributed by atoms with Crippen LogP contribution in [0.1, 0.15) is 13.3 Å². The van der Waals surface area contributed by atoms with Crippen molar-refractivity contribution >= 4 is 23.3 Å². The van der Waals surface area contributed by atoms with Crippen molar-refractivity contribution in [3.8, 4) is 0 Å². The third-order valence-corrected chi connectivity index (χ3v) is 4.11. The fraction of sp³-hybridized carbons (Fsp3) is 0.500. The maximum absolute atomic E-state index is 12.1. The fourth-order valence-electron chi connectivity index (χ4n) is 2.77. The van der Waals surface area contributed by atoms with Crippen molar-refractivity contribution in [1.29, 1.82) is 0 Å². The number of aliphatic hydroxyl groups excluding tert-OH is 3. The highest BCUT2D eigenvalue weighted by molar-refractivity contribution is 5.89. The number of urea groups is 1. The Balaban J connectivity index is 1.99. The zero-order chi connectivity index (χ0) is 18.6. The van der Waals surface area contributed by atoms with E-state index in [2.05, 4.69) is 10.6 Å². The predicted octanol–water partition coefficient (Wildman–Crippen LogP) is -0.906. The molecule has 1 saturated heterocycles. The van der Waals surface area contributed by atoms with Gasteiger partial charge in [0.25, 0.3) is 5.91 Å². The van der Waals surface area contributed by atoms with Crippen LogP contribution in [0.25, 0.3) is 0 Å². The van der Waals surface area contributed by atoms with Gasteiger partial charge in [-0.3, -0.25) is 4.79 Å². The van der Waals surface area contributed by atoms with Crippen LogP contribution in [0.4, 0.5) is 16.2 Å². The summed E-state index contributed by atoms with van der Waals surface area (Å²) in [4.78, 5) is 25.4. The summed E-state index contributed by atoms with van der Waals surface area (Å²) < 4.78 is 0. The van der Waals surface area contributed by atoms with Crippen LogP contribution in [0, 0.1) is 0 Å². The maximum atomic E-state index is 12.1. The molecule has 0 aromatic heterocycles. The highest BCUT2D eigenvalue weighted by Crippen LogP contribution is 2.20. The normalized spacial score (nSPS) is 26.4. The molecule has 0 aliphatic carbocycles. The van der Waals surface area contributed by atoms with Crippen molar-refractivity contribution in [1.82, 2.24) is 10.2 Å². The smallest absolute Gasteiger partial charge is 0.319 e.